The van der Waals surface area contributed by atoms with Crippen molar-refractivity contribution in [1.29, 1.82) is 0 Å². The van der Waals surface area contributed by atoms with Gasteiger partial charge in [-0.05, 0) is 91.1 Å². The van der Waals surface area contributed by atoms with Crippen LogP contribution in [0.5, 0.6) is 0 Å². The number of fused-ring (bicyclic) bond motifs is 1. The van der Waals surface area contributed by atoms with Crippen molar-refractivity contribution in [2.45, 2.75) is 82.4 Å². The van der Waals surface area contributed by atoms with Gasteiger partial charge < -0.3 is 24.0 Å². The Hall–Kier alpha value is -5.68. The van der Waals surface area contributed by atoms with E-state index in [1.165, 1.54) is 11.1 Å². The molecule has 54 heavy (non-hydrogen) atoms. The third kappa shape index (κ3) is 7.96. The molecule has 8 rings (SSSR count). The van der Waals surface area contributed by atoms with Gasteiger partial charge in [-0.2, -0.15) is 9.97 Å². The Morgan fingerprint density at radius 1 is 0.648 bits per heavy atom. The fraction of sp³-hybridized carbons (Fsp3) is 0.349. The largest absolute Gasteiger partial charge is 0.391 e. The maximum atomic E-state index is 14.0. The number of hydrogen-bond donors (Lipinski definition) is 1. The summed E-state index contributed by atoms with van der Waals surface area (Å²) >= 11 is 0. The predicted octanol–water partition coefficient (Wildman–Crippen LogP) is 7.27. The van der Waals surface area contributed by atoms with Gasteiger partial charge in [0, 0.05) is 43.5 Å². The van der Waals surface area contributed by atoms with E-state index in [4.69, 9.17) is 14.0 Å². The molecule has 0 aliphatic carbocycles. The first kappa shape index (κ1) is 35.4. The second kappa shape index (κ2) is 16.1. The van der Waals surface area contributed by atoms with E-state index in [1.807, 2.05) is 71.6 Å². The molecule has 0 bridgehead atoms. The number of aromatic nitrogens is 4. The van der Waals surface area contributed by atoms with Gasteiger partial charge in [-0.15, -0.1) is 0 Å². The number of piperidine rings is 1. The van der Waals surface area contributed by atoms with Crippen molar-refractivity contribution in [3.63, 3.8) is 0 Å². The molecule has 2 aliphatic heterocycles. The number of amides is 2. The van der Waals surface area contributed by atoms with Crippen LogP contribution in [-0.4, -0.2) is 66.2 Å². The van der Waals surface area contributed by atoms with E-state index in [0.29, 0.717) is 60.4 Å². The Kier molecular flexibility index (Phi) is 10.6. The molecule has 2 aromatic heterocycles. The smallest absolute Gasteiger partial charge is 0.254 e. The molecule has 11 nitrogen and oxygen atoms in total. The van der Waals surface area contributed by atoms with Crippen molar-refractivity contribution < 1.29 is 23.7 Å². The molecule has 0 radical (unpaired) electrons. The van der Waals surface area contributed by atoms with E-state index in [9.17, 15) is 14.7 Å². The molecule has 1 N–H and O–H groups in total. The topological polar surface area (TPSA) is 139 Å². The third-order valence-electron chi connectivity index (χ3n) is 10.6. The number of aliphatic hydroxyl groups is 1. The van der Waals surface area contributed by atoms with E-state index in [2.05, 4.69) is 39.6 Å². The van der Waals surface area contributed by atoms with E-state index in [-0.39, 0.29) is 24.4 Å². The monoisotopic (exact) mass is 724 g/mol. The fourth-order valence-electron chi connectivity index (χ4n) is 7.75. The lowest BCUT2D eigenvalue weighted by Gasteiger charge is -2.33. The van der Waals surface area contributed by atoms with E-state index in [1.54, 1.807) is 11.0 Å². The number of likely N-dealkylation sites (tertiary alicyclic amines) is 2. The average molecular weight is 725 g/mol. The fourth-order valence-corrected chi connectivity index (χ4v) is 7.75. The summed E-state index contributed by atoms with van der Waals surface area (Å²) in [4.78, 5) is 40.7. The van der Waals surface area contributed by atoms with Gasteiger partial charge in [0.15, 0.2) is 11.6 Å². The lowest BCUT2D eigenvalue weighted by atomic mass is 9.99. The Morgan fingerprint density at radius 2 is 1.19 bits per heavy atom. The van der Waals surface area contributed by atoms with E-state index >= 15 is 0 Å². The first-order valence-electron chi connectivity index (χ1n) is 19.0. The minimum Gasteiger partial charge on any atom is -0.391 e. The summed E-state index contributed by atoms with van der Waals surface area (Å²) in [6.07, 6.45) is 7.28. The van der Waals surface area contributed by atoms with Gasteiger partial charge in [0.25, 0.3) is 11.8 Å². The number of β-amino-alcohol motifs (C(OH)–C–C–N with tert-alkyl or cyclic N) is 1. The molecule has 4 aromatic carbocycles. The van der Waals surface area contributed by atoms with Crippen molar-refractivity contribution in [3.8, 4) is 0 Å². The van der Waals surface area contributed by atoms with Crippen LogP contribution >= 0.6 is 0 Å². The Bertz CT molecular complexity index is 2060. The number of nitrogens with zero attached hydrogens (tertiary/aromatic N) is 6. The zero-order valence-electron chi connectivity index (χ0n) is 30.2. The standard InChI is InChI=1S/C43H44N6O5/c50-35-27-37(41-45-39(47-54-41)19-10-16-30-13-5-2-6-14-30)49(28-35)43(52)34-23-21-31-25-33(22-20-32(31)26-34)42(51)48-24-8-7-17-36(48)40-44-38(46-53-40)18-9-15-29-11-3-1-4-12-29/h1-6,11-14,20-23,25-26,35-37,50H,7-10,15-19,24,27-28H2/t35-,36+,37-/m1/s1. The second-order valence-electron chi connectivity index (χ2n) is 14.4. The van der Waals surface area contributed by atoms with Crippen LogP contribution in [-0.2, 0) is 25.7 Å². The minimum atomic E-state index is -0.696. The summed E-state index contributed by atoms with van der Waals surface area (Å²) in [5.74, 6) is 1.79. The SMILES string of the molecule is O=C(c1ccc2cc(C(=O)N3CCCC[C@H]3c3nc(CCCc4ccccc4)no3)ccc2c1)N1C[C@H](O)C[C@@H]1c1nc(CCCc2ccccc2)no1. The molecule has 0 saturated carbocycles. The number of hydrogen-bond acceptors (Lipinski definition) is 9. The normalized spacial score (nSPS) is 18.7. The van der Waals surface area contributed by atoms with Crippen LogP contribution in [0.15, 0.2) is 106 Å². The highest BCUT2D eigenvalue weighted by Crippen LogP contribution is 2.34. The van der Waals surface area contributed by atoms with Gasteiger partial charge in [0.05, 0.1) is 6.10 Å². The van der Waals surface area contributed by atoms with Crippen molar-refractivity contribution >= 4 is 22.6 Å². The number of carbonyl (C=O) groups excluding carboxylic acids is 2. The van der Waals surface area contributed by atoms with Crippen LogP contribution < -0.4 is 0 Å². The van der Waals surface area contributed by atoms with Crippen LogP contribution in [0.1, 0.15) is 106 Å². The van der Waals surface area contributed by atoms with Gasteiger partial charge >= 0.3 is 0 Å². The second-order valence-corrected chi connectivity index (χ2v) is 14.4. The number of rotatable bonds is 12. The van der Waals surface area contributed by atoms with E-state index in [0.717, 1.165) is 55.7 Å². The average Bonchev–Trinajstić information content (AvgIpc) is 3.98. The van der Waals surface area contributed by atoms with Gasteiger partial charge in [-0.25, -0.2) is 0 Å². The molecule has 0 spiro atoms. The summed E-state index contributed by atoms with van der Waals surface area (Å²) in [6, 6.07) is 30.9. The molecule has 0 unspecified atom stereocenters. The molecule has 4 heterocycles. The molecule has 2 aliphatic rings. The molecule has 2 fully saturated rings. The number of aliphatic hydroxyl groups excluding tert-OH is 1. The van der Waals surface area contributed by atoms with Gasteiger partial charge in [-0.3, -0.25) is 9.59 Å². The summed E-state index contributed by atoms with van der Waals surface area (Å²) in [5.41, 5.74) is 3.58. The molecular weight excluding hydrogens is 681 g/mol. The van der Waals surface area contributed by atoms with Crippen molar-refractivity contribution in [1.82, 2.24) is 30.1 Å². The Labute approximate surface area is 314 Å². The molecule has 2 saturated heterocycles. The summed E-state index contributed by atoms with van der Waals surface area (Å²) in [5, 5.41) is 20.7. The molecule has 11 heteroatoms. The van der Waals surface area contributed by atoms with E-state index < -0.39 is 12.1 Å². The summed E-state index contributed by atoms with van der Waals surface area (Å²) < 4.78 is 11.3. The molecule has 276 valence electrons. The lowest BCUT2D eigenvalue weighted by molar-refractivity contribution is 0.0561. The highest BCUT2D eigenvalue weighted by molar-refractivity contribution is 6.02. The Morgan fingerprint density at radius 3 is 1.76 bits per heavy atom. The van der Waals surface area contributed by atoms with Crippen LogP contribution in [0.3, 0.4) is 0 Å². The highest BCUT2D eigenvalue weighted by atomic mass is 16.5. The van der Waals surface area contributed by atoms with Crippen molar-refractivity contribution in [2.24, 2.45) is 0 Å². The maximum Gasteiger partial charge on any atom is 0.254 e. The van der Waals surface area contributed by atoms with Crippen molar-refractivity contribution in [2.75, 3.05) is 13.1 Å². The minimum absolute atomic E-state index is 0.0848. The zero-order valence-corrected chi connectivity index (χ0v) is 30.2. The van der Waals surface area contributed by atoms with Crippen molar-refractivity contribution in [3.05, 3.63) is 143 Å². The van der Waals surface area contributed by atoms with Crippen LogP contribution in [0, 0.1) is 0 Å². The van der Waals surface area contributed by atoms with Gasteiger partial charge in [0.1, 0.15) is 12.1 Å². The lowest BCUT2D eigenvalue weighted by Crippen LogP contribution is -2.38. The molecular formula is C43H44N6O5. The predicted molar refractivity (Wildman–Crippen MR) is 202 cm³/mol. The number of benzene rings is 4. The maximum absolute atomic E-state index is 14.0. The van der Waals surface area contributed by atoms with Crippen LogP contribution in [0.4, 0.5) is 0 Å². The summed E-state index contributed by atoms with van der Waals surface area (Å²) in [7, 11) is 0. The van der Waals surface area contributed by atoms with Crippen LogP contribution in [0.2, 0.25) is 0 Å². The Balaban J connectivity index is 0.919. The third-order valence-corrected chi connectivity index (χ3v) is 10.6. The zero-order chi connectivity index (χ0) is 36.9. The molecule has 3 atom stereocenters. The number of carbonyl (C=O) groups is 2. The quantitative estimate of drug-likeness (QED) is 0.138. The first-order valence-corrected chi connectivity index (χ1v) is 19.0. The summed E-state index contributed by atoms with van der Waals surface area (Å²) in [6.45, 7) is 0.783. The van der Waals surface area contributed by atoms with Gasteiger partial charge in [0.2, 0.25) is 11.8 Å². The van der Waals surface area contributed by atoms with Crippen LogP contribution in [0.25, 0.3) is 10.8 Å². The highest BCUT2D eigenvalue weighted by Gasteiger charge is 2.39. The molecule has 2 amide bonds. The van der Waals surface area contributed by atoms with Gasteiger partial charge in [-0.1, -0.05) is 83.1 Å². The number of aryl methyl sites for hydroxylation is 4. The first-order chi connectivity index (χ1) is 26.5. The molecule has 6 aromatic rings.